The van der Waals surface area contributed by atoms with Gasteiger partial charge in [0.2, 0.25) is 5.91 Å². The molecule has 3 rings (SSSR count). The number of hydrogen-bond acceptors (Lipinski definition) is 4. The summed E-state index contributed by atoms with van der Waals surface area (Å²) in [6.07, 6.45) is 1.30. The van der Waals surface area contributed by atoms with E-state index in [9.17, 15) is 9.59 Å². The second-order valence-corrected chi connectivity index (χ2v) is 8.85. The highest BCUT2D eigenvalue weighted by Crippen LogP contribution is 2.24. The van der Waals surface area contributed by atoms with Crippen molar-refractivity contribution >= 4 is 22.8 Å². The Morgan fingerprint density at radius 2 is 1.93 bits per heavy atom. The number of carbonyl (C=O) groups is 2. The van der Waals surface area contributed by atoms with Crippen LogP contribution >= 0.6 is 0 Å². The van der Waals surface area contributed by atoms with Crippen LogP contribution in [0.5, 0.6) is 0 Å². The quantitative estimate of drug-likeness (QED) is 0.762. The summed E-state index contributed by atoms with van der Waals surface area (Å²) in [5.74, 6) is -0.223. The first-order valence-corrected chi connectivity index (χ1v) is 10.6. The van der Waals surface area contributed by atoms with Crippen LogP contribution in [0.15, 0.2) is 42.5 Å². The highest BCUT2D eigenvalue weighted by atomic mass is 16.6. The number of nitrogens with one attached hydrogen (secondary N) is 1. The van der Waals surface area contributed by atoms with Gasteiger partial charge in [-0.2, -0.15) is 0 Å². The van der Waals surface area contributed by atoms with Crippen molar-refractivity contribution in [1.82, 2.24) is 10.2 Å². The van der Waals surface area contributed by atoms with Crippen molar-refractivity contribution in [2.75, 3.05) is 19.7 Å². The lowest BCUT2D eigenvalue weighted by Crippen LogP contribution is -2.46. The van der Waals surface area contributed by atoms with Crippen molar-refractivity contribution in [3.63, 3.8) is 0 Å². The van der Waals surface area contributed by atoms with Gasteiger partial charge in [-0.15, -0.1) is 0 Å². The minimum absolute atomic E-state index is 0.0548. The average molecular weight is 413 g/mol. The lowest BCUT2D eigenvalue weighted by molar-refractivity contribution is -0.123. The van der Waals surface area contributed by atoms with Crippen LogP contribution in [0.1, 0.15) is 52.1 Å². The molecule has 0 aliphatic carbocycles. The van der Waals surface area contributed by atoms with E-state index in [1.165, 1.54) is 4.90 Å². The van der Waals surface area contributed by atoms with Crippen molar-refractivity contribution in [3.8, 4) is 0 Å². The third-order valence-electron chi connectivity index (χ3n) is 5.10. The molecule has 1 N–H and O–H groups in total. The molecule has 1 aliphatic rings. The molecule has 1 heterocycles. The summed E-state index contributed by atoms with van der Waals surface area (Å²) in [6, 6.07) is 14.0. The van der Waals surface area contributed by atoms with Crippen LogP contribution < -0.4 is 5.32 Å². The zero-order valence-corrected chi connectivity index (χ0v) is 18.3. The molecule has 2 aromatic carbocycles. The minimum atomic E-state index is -0.626. The zero-order chi connectivity index (χ0) is 21.7. The molecule has 0 radical (unpaired) electrons. The minimum Gasteiger partial charge on any atom is -0.444 e. The molecule has 0 aromatic heterocycles. The van der Waals surface area contributed by atoms with E-state index >= 15 is 0 Å². The Morgan fingerprint density at radius 3 is 2.63 bits per heavy atom. The third kappa shape index (κ3) is 5.95. The van der Waals surface area contributed by atoms with Crippen LogP contribution in [-0.2, 0) is 14.3 Å². The van der Waals surface area contributed by atoms with Crippen LogP contribution in [0.2, 0.25) is 0 Å². The highest BCUT2D eigenvalue weighted by molar-refractivity contribution is 5.87. The first-order valence-electron chi connectivity index (χ1n) is 10.6. The smallest absolute Gasteiger partial charge is 0.410 e. The maximum Gasteiger partial charge on any atom is 0.410 e. The average Bonchev–Trinajstić information content (AvgIpc) is 3.18. The number of rotatable bonds is 6. The number of fused-ring (bicyclic) bond motifs is 1. The Bertz CT molecular complexity index is 879. The molecule has 6 heteroatoms. The van der Waals surface area contributed by atoms with Gasteiger partial charge in [0.15, 0.2) is 0 Å². The molecule has 2 amide bonds. The lowest BCUT2D eigenvalue weighted by atomic mass is 10.00. The molecule has 1 saturated heterocycles. The van der Waals surface area contributed by atoms with Crippen molar-refractivity contribution in [2.45, 2.75) is 58.3 Å². The summed E-state index contributed by atoms with van der Waals surface area (Å²) >= 11 is 0. The zero-order valence-electron chi connectivity index (χ0n) is 18.3. The Morgan fingerprint density at radius 1 is 1.20 bits per heavy atom. The second kappa shape index (κ2) is 9.47. The molecule has 30 heavy (non-hydrogen) atoms. The largest absolute Gasteiger partial charge is 0.444 e. The Kier molecular flexibility index (Phi) is 6.98. The molecule has 1 aliphatic heterocycles. The van der Waals surface area contributed by atoms with Gasteiger partial charge in [0.05, 0.1) is 18.7 Å². The van der Waals surface area contributed by atoms with E-state index in [2.05, 4.69) is 23.5 Å². The molecule has 1 fully saturated rings. The van der Waals surface area contributed by atoms with E-state index in [-0.39, 0.29) is 24.6 Å². The maximum atomic E-state index is 12.8. The van der Waals surface area contributed by atoms with Gasteiger partial charge in [0.1, 0.15) is 12.1 Å². The molecule has 2 aromatic rings. The number of benzene rings is 2. The first-order chi connectivity index (χ1) is 14.2. The topological polar surface area (TPSA) is 67.9 Å². The first kappa shape index (κ1) is 22.1. The molecular weight excluding hydrogens is 380 g/mol. The molecule has 0 saturated carbocycles. The van der Waals surface area contributed by atoms with Crippen molar-refractivity contribution in [2.24, 2.45) is 0 Å². The molecular formula is C24H32N2O4. The van der Waals surface area contributed by atoms with Gasteiger partial charge < -0.3 is 14.8 Å². The lowest BCUT2D eigenvalue weighted by Gasteiger charge is -2.29. The Labute approximate surface area is 178 Å². The van der Waals surface area contributed by atoms with Crippen molar-refractivity contribution in [3.05, 3.63) is 48.0 Å². The van der Waals surface area contributed by atoms with Gasteiger partial charge in [-0.1, -0.05) is 42.5 Å². The van der Waals surface area contributed by atoms with E-state index in [0.29, 0.717) is 13.2 Å². The van der Waals surface area contributed by atoms with Crippen LogP contribution in [0, 0.1) is 0 Å². The fourth-order valence-corrected chi connectivity index (χ4v) is 3.73. The highest BCUT2D eigenvalue weighted by Gasteiger charge is 2.28. The normalized spacial score (nSPS) is 17.5. The summed E-state index contributed by atoms with van der Waals surface area (Å²) in [5, 5.41) is 5.27. The van der Waals surface area contributed by atoms with Crippen LogP contribution in [-0.4, -0.2) is 48.3 Å². The number of carbonyl (C=O) groups excluding carboxylic acids is 2. The van der Waals surface area contributed by atoms with Crippen molar-refractivity contribution < 1.29 is 19.1 Å². The van der Waals surface area contributed by atoms with Gasteiger partial charge >= 0.3 is 6.09 Å². The standard InChI is InChI=1S/C24H32N2O4/c1-17(20-13-7-10-18-9-5-6-12-21(18)20)25-22(27)16-26(15-19-11-8-14-29-19)23(28)30-24(2,3)4/h5-7,9-10,12-13,17,19H,8,11,14-16H2,1-4H3,(H,25,27)/t17-,19+/m1/s1. The summed E-state index contributed by atoms with van der Waals surface area (Å²) in [5.41, 5.74) is 0.419. The molecule has 2 atom stereocenters. The van der Waals surface area contributed by atoms with Crippen LogP contribution in [0.3, 0.4) is 0 Å². The summed E-state index contributed by atoms with van der Waals surface area (Å²) < 4.78 is 11.2. The van der Waals surface area contributed by atoms with Gasteiger partial charge in [-0.3, -0.25) is 9.69 Å². The van der Waals surface area contributed by atoms with E-state index in [1.807, 2.05) is 52.0 Å². The number of amides is 2. The molecule has 6 nitrogen and oxygen atoms in total. The summed E-state index contributed by atoms with van der Waals surface area (Å²) in [6.45, 7) is 8.39. The third-order valence-corrected chi connectivity index (χ3v) is 5.10. The van der Waals surface area contributed by atoms with Gasteiger partial charge in [-0.25, -0.2) is 4.79 Å². The molecule has 0 spiro atoms. The maximum absolute atomic E-state index is 12.8. The number of ether oxygens (including phenoxy) is 2. The molecule has 0 bridgehead atoms. The fraction of sp³-hybridized carbons (Fsp3) is 0.500. The van der Waals surface area contributed by atoms with E-state index in [4.69, 9.17) is 9.47 Å². The Hall–Kier alpha value is -2.60. The summed E-state index contributed by atoms with van der Waals surface area (Å²) in [7, 11) is 0. The molecule has 0 unspecified atom stereocenters. The van der Waals surface area contributed by atoms with Crippen molar-refractivity contribution in [1.29, 1.82) is 0 Å². The van der Waals surface area contributed by atoms with Gasteiger partial charge in [-0.05, 0) is 56.9 Å². The SMILES string of the molecule is C[C@@H](NC(=O)CN(C[C@@H]1CCCO1)C(=O)OC(C)(C)C)c1cccc2ccccc12. The second-order valence-electron chi connectivity index (χ2n) is 8.85. The van der Waals surface area contributed by atoms with Crippen LogP contribution in [0.4, 0.5) is 4.79 Å². The fourth-order valence-electron chi connectivity index (χ4n) is 3.73. The van der Waals surface area contributed by atoms with E-state index < -0.39 is 11.7 Å². The number of nitrogens with zero attached hydrogens (tertiary/aromatic N) is 1. The van der Waals surface area contributed by atoms with Gasteiger partial charge in [0.25, 0.3) is 0 Å². The van der Waals surface area contributed by atoms with Crippen LogP contribution in [0.25, 0.3) is 10.8 Å². The number of hydrogen-bond donors (Lipinski definition) is 1. The van der Waals surface area contributed by atoms with E-state index in [0.717, 1.165) is 29.2 Å². The monoisotopic (exact) mass is 412 g/mol. The van der Waals surface area contributed by atoms with E-state index in [1.54, 1.807) is 0 Å². The summed E-state index contributed by atoms with van der Waals surface area (Å²) in [4.78, 5) is 26.9. The predicted octanol–water partition coefficient (Wildman–Crippen LogP) is 4.43. The molecule has 162 valence electrons. The Balaban J connectivity index is 1.68. The van der Waals surface area contributed by atoms with Gasteiger partial charge in [0, 0.05) is 6.61 Å². The predicted molar refractivity (Wildman–Crippen MR) is 117 cm³/mol.